The summed E-state index contributed by atoms with van der Waals surface area (Å²) in [6.45, 7) is 7.24. The first-order valence-electron chi connectivity index (χ1n) is 16.8. The van der Waals surface area contributed by atoms with Crippen molar-refractivity contribution >= 4 is 40.2 Å². The number of carbonyl (C=O) groups excluding carboxylic acids is 4. The summed E-state index contributed by atoms with van der Waals surface area (Å²) in [5.41, 5.74) is 2.34. The maximum Gasteiger partial charge on any atom is 0.309 e. The van der Waals surface area contributed by atoms with Crippen LogP contribution in [0.2, 0.25) is 0 Å². The minimum atomic E-state index is -1.26. The van der Waals surface area contributed by atoms with Gasteiger partial charge in [-0.15, -0.1) is 13.2 Å². The van der Waals surface area contributed by atoms with Gasteiger partial charge in [-0.3, -0.25) is 19.2 Å². The van der Waals surface area contributed by atoms with Crippen LogP contribution >= 0.6 is 0 Å². The van der Waals surface area contributed by atoms with Gasteiger partial charge in [-0.25, -0.2) is 0 Å². The quantitative estimate of drug-likeness (QED) is 0.0847. The maximum atomic E-state index is 13.8. The molecular formula is C41H45N3O6. The van der Waals surface area contributed by atoms with Crippen LogP contribution in [-0.2, 0) is 36.9 Å². The predicted molar refractivity (Wildman–Crippen MR) is 196 cm³/mol. The van der Waals surface area contributed by atoms with E-state index in [1.54, 1.807) is 18.2 Å². The van der Waals surface area contributed by atoms with Crippen LogP contribution in [0.3, 0.4) is 0 Å². The SMILES string of the molecule is C=CC[C@@H](CC(=O)N(CCO)Cc1ccccc1)C(=O)N[C@@H](COC(=O)[C@H](CC=C)Cc1ccccc1)C(=O)Nc1ccc2ccccc2c1. The van der Waals surface area contributed by atoms with Crippen molar-refractivity contribution < 1.29 is 29.0 Å². The fourth-order valence-electron chi connectivity index (χ4n) is 5.66. The summed E-state index contributed by atoms with van der Waals surface area (Å²) in [5, 5.41) is 17.2. The zero-order valence-corrected chi connectivity index (χ0v) is 28.2. The van der Waals surface area contributed by atoms with Gasteiger partial charge < -0.3 is 25.4 Å². The van der Waals surface area contributed by atoms with Crippen LogP contribution in [0, 0.1) is 11.8 Å². The molecule has 3 amide bonds. The smallest absolute Gasteiger partial charge is 0.309 e. The molecule has 0 aromatic heterocycles. The monoisotopic (exact) mass is 675 g/mol. The highest BCUT2D eigenvalue weighted by molar-refractivity contribution is 5.99. The first-order valence-corrected chi connectivity index (χ1v) is 16.8. The average Bonchev–Trinajstić information content (AvgIpc) is 3.13. The Morgan fingerprint density at radius 2 is 1.38 bits per heavy atom. The second-order valence-electron chi connectivity index (χ2n) is 12.1. The minimum Gasteiger partial charge on any atom is -0.463 e. The molecule has 0 fully saturated rings. The van der Waals surface area contributed by atoms with E-state index in [-0.39, 0.29) is 38.4 Å². The van der Waals surface area contributed by atoms with E-state index in [9.17, 15) is 24.3 Å². The van der Waals surface area contributed by atoms with Crippen molar-refractivity contribution in [1.82, 2.24) is 10.2 Å². The van der Waals surface area contributed by atoms with Gasteiger partial charge in [0.05, 0.1) is 18.4 Å². The lowest BCUT2D eigenvalue weighted by atomic mass is 9.96. The third kappa shape index (κ3) is 11.3. The van der Waals surface area contributed by atoms with Gasteiger partial charge in [-0.2, -0.15) is 0 Å². The van der Waals surface area contributed by atoms with E-state index >= 15 is 0 Å². The Balaban J connectivity index is 1.51. The molecule has 0 unspecified atom stereocenters. The van der Waals surface area contributed by atoms with Crippen molar-refractivity contribution in [3.63, 3.8) is 0 Å². The second kappa shape index (κ2) is 19.5. The van der Waals surface area contributed by atoms with E-state index in [2.05, 4.69) is 23.8 Å². The van der Waals surface area contributed by atoms with E-state index in [1.807, 2.05) is 97.1 Å². The summed E-state index contributed by atoms with van der Waals surface area (Å²) in [6.07, 6.45) is 3.96. The molecule has 9 nitrogen and oxygen atoms in total. The van der Waals surface area contributed by atoms with Gasteiger partial charge in [-0.1, -0.05) is 103 Å². The molecule has 4 aromatic carbocycles. The number of rotatable bonds is 19. The summed E-state index contributed by atoms with van der Waals surface area (Å²) in [4.78, 5) is 55.7. The van der Waals surface area contributed by atoms with Gasteiger partial charge in [0.2, 0.25) is 11.8 Å². The normalized spacial score (nSPS) is 12.6. The number of ether oxygens (including phenoxy) is 1. The van der Waals surface area contributed by atoms with Gasteiger partial charge in [0.15, 0.2) is 0 Å². The molecule has 9 heteroatoms. The van der Waals surface area contributed by atoms with E-state index in [0.29, 0.717) is 18.5 Å². The third-order valence-electron chi connectivity index (χ3n) is 8.33. The molecule has 0 aliphatic rings. The Morgan fingerprint density at radius 1 is 0.760 bits per heavy atom. The number of carbonyl (C=O) groups is 4. The number of hydrogen-bond donors (Lipinski definition) is 3. The van der Waals surface area contributed by atoms with Crippen LogP contribution in [0.25, 0.3) is 10.8 Å². The van der Waals surface area contributed by atoms with Crippen LogP contribution in [0.15, 0.2) is 128 Å². The number of aliphatic hydroxyl groups is 1. The number of hydrogen-bond acceptors (Lipinski definition) is 6. The lowest BCUT2D eigenvalue weighted by Gasteiger charge is -2.26. The molecular weight excluding hydrogens is 630 g/mol. The highest BCUT2D eigenvalue weighted by Crippen LogP contribution is 2.20. The third-order valence-corrected chi connectivity index (χ3v) is 8.33. The Bertz CT molecular complexity index is 1740. The number of allylic oxidation sites excluding steroid dienone is 2. The zero-order chi connectivity index (χ0) is 35.7. The highest BCUT2D eigenvalue weighted by Gasteiger charge is 2.30. The summed E-state index contributed by atoms with van der Waals surface area (Å²) >= 11 is 0. The lowest BCUT2D eigenvalue weighted by Crippen LogP contribution is -2.50. The summed E-state index contributed by atoms with van der Waals surface area (Å²) < 4.78 is 5.69. The predicted octanol–water partition coefficient (Wildman–Crippen LogP) is 5.84. The van der Waals surface area contributed by atoms with Gasteiger partial charge in [0, 0.05) is 25.2 Å². The van der Waals surface area contributed by atoms with E-state index in [4.69, 9.17) is 4.74 Å². The van der Waals surface area contributed by atoms with Crippen LogP contribution in [0.5, 0.6) is 0 Å². The molecule has 0 radical (unpaired) electrons. The van der Waals surface area contributed by atoms with Crippen molar-refractivity contribution in [2.24, 2.45) is 11.8 Å². The van der Waals surface area contributed by atoms with Crippen LogP contribution in [0.4, 0.5) is 5.69 Å². The Labute approximate surface area is 293 Å². The summed E-state index contributed by atoms with van der Waals surface area (Å²) in [5.74, 6) is -3.41. The molecule has 0 aliphatic heterocycles. The van der Waals surface area contributed by atoms with Crippen LogP contribution in [0.1, 0.15) is 30.4 Å². The van der Waals surface area contributed by atoms with Gasteiger partial charge >= 0.3 is 5.97 Å². The van der Waals surface area contributed by atoms with E-state index in [0.717, 1.165) is 21.9 Å². The Hall–Kier alpha value is -5.54. The van der Waals surface area contributed by atoms with Crippen LogP contribution < -0.4 is 10.6 Å². The summed E-state index contributed by atoms with van der Waals surface area (Å²) in [6, 6.07) is 30.8. The molecule has 4 rings (SSSR count). The Kier molecular flexibility index (Phi) is 14.5. The fourth-order valence-corrected chi connectivity index (χ4v) is 5.66. The molecule has 50 heavy (non-hydrogen) atoms. The minimum absolute atomic E-state index is 0.0950. The molecule has 0 heterocycles. The number of aliphatic hydroxyl groups excluding tert-OH is 1. The molecule has 3 N–H and O–H groups in total. The first-order chi connectivity index (χ1) is 24.3. The molecule has 3 atom stereocenters. The first kappa shape index (κ1) is 37.3. The molecule has 260 valence electrons. The van der Waals surface area contributed by atoms with E-state index in [1.165, 1.54) is 4.90 Å². The zero-order valence-electron chi connectivity index (χ0n) is 28.2. The second-order valence-corrected chi connectivity index (χ2v) is 12.1. The van der Waals surface area contributed by atoms with Gasteiger partial charge in [0.25, 0.3) is 5.91 Å². The maximum absolute atomic E-state index is 13.8. The number of benzene rings is 4. The van der Waals surface area contributed by atoms with Gasteiger partial charge in [-0.05, 0) is 53.3 Å². The number of amides is 3. The number of fused-ring (bicyclic) bond motifs is 1. The number of nitrogens with one attached hydrogen (secondary N) is 2. The number of esters is 1. The van der Waals surface area contributed by atoms with Gasteiger partial charge in [0.1, 0.15) is 12.6 Å². The molecule has 0 saturated carbocycles. The lowest BCUT2D eigenvalue weighted by molar-refractivity contribution is -0.150. The Morgan fingerprint density at radius 3 is 2.04 bits per heavy atom. The molecule has 0 saturated heterocycles. The fraction of sp³-hybridized carbons (Fsp3) is 0.268. The number of anilines is 1. The summed E-state index contributed by atoms with van der Waals surface area (Å²) in [7, 11) is 0. The van der Waals surface area contributed by atoms with E-state index < -0.39 is 42.3 Å². The van der Waals surface area contributed by atoms with Crippen molar-refractivity contribution in [3.05, 3.63) is 140 Å². The molecule has 0 bridgehead atoms. The largest absolute Gasteiger partial charge is 0.463 e. The molecule has 0 aliphatic carbocycles. The molecule has 0 spiro atoms. The van der Waals surface area contributed by atoms with Crippen molar-refractivity contribution in [1.29, 1.82) is 0 Å². The molecule has 4 aromatic rings. The highest BCUT2D eigenvalue weighted by atomic mass is 16.5. The topological polar surface area (TPSA) is 125 Å². The average molecular weight is 676 g/mol. The van der Waals surface area contributed by atoms with Crippen molar-refractivity contribution in [2.75, 3.05) is 25.1 Å². The van der Waals surface area contributed by atoms with Crippen LogP contribution in [-0.4, -0.2) is 59.5 Å². The van der Waals surface area contributed by atoms with Crippen molar-refractivity contribution in [2.45, 2.75) is 38.3 Å². The standard InChI is InChI=1S/C41H45N3O6/c1-3-13-34(27-38(46)44(23-24-45)28-31-17-9-6-10-18-31)39(47)43-37(40(48)42-36-22-21-32-19-11-12-20-33(32)26-36)29-50-41(49)35(14-4-2)25-30-15-7-5-8-16-30/h3-12,15-22,26,34-35,37,45H,1-2,13-14,23-25,27-29H2,(H,42,48)(H,43,47)/t34-,35+,37-/m0/s1. The van der Waals surface area contributed by atoms with Crippen molar-refractivity contribution in [3.8, 4) is 0 Å². The number of nitrogens with zero attached hydrogens (tertiary/aromatic N) is 1.